The van der Waals surface area contributed by atoms with Crippen molar-refractivity contribution in [3.63, 3.8) is 0 Å². The van der Waals surface area contributed by atoms with Gasteiger partial charge in [0.05, 0.1) is 0 Å². The molecule has 1 aliphatic heterocycles. The molecule has 1 aromatic rings. The summed E-state index contributed by atoms with van der Waals surface area (Å²) in [5.41, 5.74) is 1.43. The second-order valence-electron chi connectivity index (χ2n) is 4.70. The predicted molar refractivity (Wildman–Crippen MR) is 71.0 cm³/mol. The number of nitrogens with one attached hydrogen (secondary N) is 2. The summed E-state index contributed by atoms with van der Waals surface area (Å²) < 4.78 is 0. The molecule has 90 valence electrons. The Hall–Kier alpha value is -0.380. The van der Waals surface area contributed by atoms with E-state index in [1.54, 1.807) is 0 Å². The van der Waals surface area contributed by atoms with Crippen molar-refractivity contribution in [2.45, 2.75) is 32.7 Å². The molecule has 0 spiro atoms. The minimum absolute atomic E-state index is 0.935. The van der Waals surface area contributed by atoms with Gasteiger partial charge >= 0.3 is 0 Å². The first-order valence-electron chi connectivity index (χ1n) is 6.30. The van der Waals surface area contributed by atoms with Gasteiger partial charge in [0.1, 0.15) is 0 Å². The third-order valence-electron chi connectivity index (χ3n) is 3.38. The van der Waals surface area contributed by atoms with E-state index in [0.29, 0.717) is 0 Å². The lowest BCUT2D eigenvalue weighted by Crippen LogP contribution is -2.16. The topological polar surface area (TPSA) is 24.1 Å². The molecule has 3 heteroatoms. The number of hydrogen-bond donors (Lipinski definition) is 2. The number of rotatable bonds is 6. The maximum Gasteiger partial charge on any atom is 0.0302 e. The lowest BCUT2D eigenvalue weighted by atomic mass is 10.0. The van der Waals surface area contributed by atoms with E-state index in [-0.39, 0.29) is 0 Å². The van der Waals surface area contributed by atoms with Gasteiger partial charge in [0, 0.05) is 11.4 Å². The quantitative estimate of drug-likeness (QED) is 0.744. The molecule has 1 saturated heterocycles. The summed E-state index contributed by atoms with van der Waals surface area (Å²) in [6.45, 7) is 6.87. The smallest absolute Gasteiger partial charge is 0.0302 e. The molecule has 2 rings (SSSR count). The molecule has 1 aliphatic rings. The van der Waals surface area contributed by atoms with Crippen LogP contribution in [-0.2, 0) is 6.54 Å². The maximum atomic E-state index is 3.54. The normalized spacial score (nSPS) is 20.4. The Balaban J connectivity index is 1.53. The highest BCUT2D eigenvalue weighted by atomic mass is 32.1. The zero-order valence-corrected chi connectivity index (χ0v) is 10.9. The average Bonchev–Trinajstić information content (AvgIpc) is 2.90. The zero-order valence-electron chi connectivity index (χ0n) is 10.1. The van der Waals surface area contributed by atoms with Crippen LogP contribution in [0.1, 0.15) is 29.7 Å². The van der Waals surface area contributed by atoms with Crippen molar-refractivity contribution in [3.8, 4) is 0 Å². The highest BCUT2D eigenvalue weighted by molar-refractivity contribution is 7.10. The van der Waals surface area contributed by atoms with Crippen LogP contribution in [-0.4, -0.2) is 19.6 Å². The standard InChI is InChI=1S/C13H22N2S/c1-11-5-8-16-13(11)10-14-6-2-3-12-4-7-15-9-12/h5,8,12,14-15H,2-4,6-7,9-10H2,1H3. The van der Waals surface area contributed by atoms with Crippen molar-refractivity contribution < 1.29 is 0 Å². The molecular weight excluding hydrogens is 216 g/mol. The van der Waals surface area contributed by atoms with Crippen molar-refractivity contribution >= 4 is 11.3 Å². The fourth-order valence-electron chi connectivity index (χ4n) is 2.26. The second-order valence-corrected chi connectivity index (χ2v) is 5.71. The molecule has 1 aromatic heterocycles. The van der Waals surface area contributed by atoms with Gasteiger partial charge in [-0.05, 0) is 68.7 Å². The van der Waals surface area contributed by atoms with Crippen molar-refractivity contribution in [1.82, 2.24) is 10.6 Å². The first-order valence-corrected chi connectivity index (χ1v) is 7.18. The van der Waals surface area contributed by atoms with E-state index >= 15 is 0 Å². The molecule has 1 fully saturated rings. The molecule has 0 saturated carbocycles. The number of thiophene rings is 1. The van der Waals surface area contributed by atoms with Gasteiger partial charge in [0.25, 0.3) is 0 Å². The first kappa shape index (κ1) is 12.1. The number of hydrogen-bond acceptors (Lipinski definition) is 3. The third-order valence-corrected chi connectivity index (χ3v) is 4.41. The van der Waals surface area contributed by atoms with Crippen molar-refractivity contribution in [2.75, 3.05) is 19.6 Å². The van der Waals surface area contributed by atoms with E-state index in [1.165, 1.54) is 42.8 Å². The van der Waals surface area contributed by atoms with E-state index in [2.05, 4.69) is 29.0 Å². The Morgan fingerprint density at radius 2 is 2.50 bits per heavy atom. The largest absolute Gasteiger partial charge is 0.316 e. The van der Waals surface area contributed by atoms with E-state index in [4.69, 9.17) is 0 Å². The van der Waals surface area contributed by atoms with E-state index in [1.807, 2.05) is 11.3 Å². The average molecular weight is 238 g/mol. The molecule has 0 radical (unpaired) electrons. The Morgan fingerprint density at radius 3 is 3.19 bits per heavy atom. The van der Waals surface area contributed by atoms with E-state index in [9.17, 15) is 0 Å². The number of aryl methyl sites for hydroxylation is 1. The van der Waals surface area contributed by atoms with Crippen LogP contribution in [0.4, 0.5) is 0 Å². The van der Waals surface area contributed by atoms with Gasteiger partial charge in [0.2, 0.25) is 0 Å². The van der Waals surface area contributed by atoms with Gasteiger partial charge in [-0.25, -0.2) is 0 Å². The molecule has 0 amide bonds. The minimum Gasteiger partial charge on any atom is -0.316 e. The lowest BCUT2D eigenvalue weighted by molar-refractivity contribution is 0.493. The van der Waals surface area contributed by atoms with Gasteiger partial charge in [-0.2, -0.15) is 0 Å². The van der Waals surface area contributed by atoms with E-state index < -0.39 is 0 Å². The molecule has 1 unspecified atom stereocenters. The van der Waals surface area contributed by atoms with Crippen molar-refractivity contribution in [2.24, 2.45) is 5.92 Å². The molecular formula is C13H22N2S. The van der Waals surface area contributed by atoms with Gasteiger partial charge in [-0.1, -0.05) is 0 Å². The minimum atomic E-state index is 0.935. The SMILES string of the molecule is Cc1ccsc1CNCCCC1CCNC1. The van der Waals surface area contributed by atoms with Crippen LogP contribution in [0.25, 0.3) is 0 Å². The lowest BCUT2D eigenvalue weighted by Gasteiger charge is -2.08. The van der Waals surface area contributed by atoms with Gasteiger partial charge in [0.15, 0.2) is 0 Å². The molecule has 2 nitrogen and oxygen atoms in total. The molecule has 16 heavy (non-hydrogen) atoms. The highest BCUT2D eigenvalue weighted by Crippen LogP contribution is 2.15. The third kappa shape index (κ3) is 3.58. The summed E-state index contributed by atoms with van der Waals surface area (Å²) in [5, 5.41) is 9.14. The van der Waals surface area contributed by atoms with Crippen molar-refractivity contribution in [1.29, 1.82) is 0 Å². The van der Waals surface area contributed by atoms with Crippen molar-refractivity contribution in [3.05, 3.63) is 21.9 Å². The van der Waals surface area contributed by atoms with Crippen LogP contribution < -0.4 is 10.6 Å². The Kier molecular flexibility index (Phi) is 4.82. The predicted octanol–water partition coefficient (Wildman–Crippen LogP) is 2.54. The summed E-state index contributed by atoms with van der Waals surface area (Å²) >= 11 is 1.86. The van der Waals surface area contributed by atoms with Gasteiger partial charge in [-0.15, -0.1) is 11.3 Å². The fourth-order valence-corrected chi connectivity index (χ4v) is 3.14. The van der Waals surface area contributed by atoms with Gasteiger partial charge in [-0.3, -0.25) is 0 Å². The summed E-state index contributed by atoms with van der Waals surface area (Å²) in [5.74, 6) is 0.935. The van der Waals surface area contributed by atoms with E-state index in [0.717, 1.165) is 19.0 Å². The Morgan fingerprint density at radius 1 is 1.56 bits per heavy atom. The van der Waals surface area contributed by atoms with Crippen LogP contribution in [0.3, 0.4) is 0 Å². The fraction of sp³-hybridized carbons (Fsp3) is 0.692. The molecule has 0 bridgehead atoms. The van der Waals surface area contributed by atoms with Crippen LogP contribution >= 0.6 is 11.3 Å². The van der Waals surface area contributed by atoms with Crippen LogP contribution in [0.15, 0.2) is 11.4 Å². The van der Waals surface area contributed by atoms with Crippen LogP contribution in [0, 0.1) is 12.8 Å². The molecule has 2 N–H and O–H groups in total. The second kappa shape index (κ2) is 6.38. The highest BCUT2D eigenvalue weighted by Gasteiger charge is 2.13. The maximum absolute atomic E-state index is 3.54. The summed E-state index contributed by atoms with van der Waals surface area (Å²) in [6, 6.07) is 2.20. The summed E-state index contributed by atoms with van der Waals surface area (Å²) in [6.07, 6.45) is 4.07. The van der Waals surface area contributed by atoms with Crippen LogP contribution in [0.2, 0.25) is 0 Å². The monoisotopic (exact) mass is 238 g/mol. The van der Waals surface area contributed by atoms with Gasteiger partial charge < -0.3 is 10.6 Å². The first-order chi connectivity index (χ1) is 7.86. The molecule has 1 atom stereocenters. The zero-order chi connectivity index (χ0) is 11.2. The molecule has 0 aromatic carbocycles. The Bertz CT molecular complexity index is 303. The summed E-state index contributed by atoms with van der Waals surface area (Å²) in [7, 11) is 0. The van der Waals surface area contributed by atoms with Crippen LogP contribution in [0.5, 0.6) is 0 Å². The summed E-state index contributed by atoms with van der Waals surface area (Å²) in [4.78, 5) is 1.49. The molecule has 0 aliphatic carbocycles. The Labute approximate surface area is 102 Å². The molecule has 2 heterocycles.